The van der Waals surface area contributed by atoms with Crippen LogP contribution in [0.5, 0.6) is 0 Å². The molecule has 0 bridgehead atoms. The fourth-order valence-corrected chi connectivity index (χ4v) is 4.33. The van der Waals surface area contributed by atoms with Crippen LogP contribution in [-0.2, 0) is 16.0 Å². The average molecular weight is 544 g/mol. The number of ether oxygens (including phenoxy) is 1. The summed E-state index contributed by atoms with van der Waals surface area (Å²) in [5.41, 5.74) is 3.11. The number of aromatic nitrogens is 1. The first kappa shape index (κ1) is 27.2. The minimum atomic E-state index is -5.11. The molecule has 198 valence electrons. The second kappa shape index (κ2) is 11.7. The van der Waals surface area contributed by atoms with Crippen LogP contribution >= 0.6 is 11.6 Å². The predicted octanol–water partition coefficient (Wildman–Crippen LogP) is 6.44. The Morgan fingerprint density at radius 1 is 1.03 bits per heavy atom. The van der Waals surface area contributed by atoms with Gasteiger partial charge in [-0.05, 0) is 54.8 Å². The molecule has 0 aliphatic heterocycles. The van der Waals surface area contributed by atoms with Crippen molar-refractivity contribution in [2.75, 3.05) is 11.9 Å². The smallest absolute Gasteiger partial charge is 0.449 e. The van der Waals surface area contributed by atoms with Gasteiger partial charge in [0.1, 0.15) is 6.10 Å². The molecule has 0 unspecified atom stereocenters. The lowest BCUT2D eigenvalue weighted by Crippen LogP contribution is -2.35. The summed E-state index contributed by atoms with van der Waals surface area (Å²) in [6.45, 7) is 1.81. The van der Waals surface area contributed by atoms with Gasteiger partial charge in [-0.2, -0.15) is 13.2 Å². The van der Waals surface area contributed by atoms with Gasteiger partial charge in [0, 0.05) is 34.9 Å². The van der Waals surface area contributed by atoms with Crippen LogP contribution in [0.25, 0.3) is 10.9 Å². The summed E-state index contributed by atoms with van der Waals surface area (Å²) in [5, 5.41) is 7.20. The normalized spacial score (nSPS) is 13.2. The lowest BCUT2D eigenvalue weighted by atomic mass is 10.0. The van der Waals surface area contributed by atoms with Gasteiger partial charge in [-0.15, -0.1) is 0 Å². The Bertz CT molecular complexity index is 1420. The van der Waals surface area contributed by atoms with E-state index >= 15 is 0 Å². The lowest BCUT2D eigenvalue weighted by Gasteiger charge is -2.22. The maximum absolute atomic E-state index is 12.9. The van der Waals surface area contributed by atoms with Crippen LogP contribution in [-0.4, -0.2) is 35.6 Å². The number of alkyl halides is 3. The highest BCUT2D eigenvalue weighted by atomic mass is 35.5. The molecule has 3 aromatic carbocycles. The number of carbonyl (C=O) groups is 2. The number of anilines is 1. The summed E-state index contributed by atoms with van der Waals surface area (Å²) < 4.78 is 43.4. The van der Waals surface area contributed by atoms with Gasteiger partial charge >= 0.3 is 12.1 Å². The van der Waals surface area contributed by atoms with E-state index in [4.69, 9.17) is 16.3 Å². The zero-order valence-electron chi connectivity index (χ0n) is 20.3. The van der Waals surface area contributed by atoms with Crippen molar-refractivity contribution in [1.29, 1.82) is 0 Å². The Kier molecular flexibility index (Phi) is 8.38. The molecule has 4 rings (SSSR count). The molecule has 0 spiro atoms. The Hall–Kier alpha value is -3.82. The van der Waals surface area contributed by atoms with E-state index in [2.05, 4.69) is 15.6 Å². The van der Waals surface area contributed by atoms with Crippen molar-refractivity contribution in [2.45, 2.75) is 31.7 Å². The topological polar surface area (TPSA) is 83.2 Å². The number of esters is 1. The van der Waals surface area contributed by atoms with E-state index in [1.54, 1.807) is 48.7 Å². The maximum Gasteiger partial charge on any atom is 0.490 e. The SMILES string of the molecule is C[C@H](Cc1c[nH]c2c(C(=O)Nc3ccccc3)cccc12)NC[C@@H](OC(=O)C(F)(F)F)c1cccc(Cl)c1. The number of carbonyl (C=O) groups excluding carboxylic acids is 2. The molecule has 6 nitrogen and oxygen atoms in total. The van der Waals surface area contributed by atoms with E-state index in [1.807, 2.05) is 31.2 Å². The fourth-order valence-electron chi connectivity index (χ4n) is 4.13. The number of benzene rings is 3. The van der Waals surface area contributed by atoms with Crippen LogP contribution in [0.1, 0.15) is 34.5 Å². The number of H-pyrrole nitrogens is 1. The first-order valence-corrected chi connectivity index (χ1v) is 12.2. The van der Waals surface area contributed by atoms with Crippen LogP contribution in [0.3, 0.4) is 0 Å². The van der Waals surface area contributed by atoms with E-state index < -0.39 is 18.2 Å². The van der Waals surface area contributed by atoms with E-state index in [9.17, 15) is 22.8 Å². The third-order valence-corrected chi connectivity index (χ3v) is 6.19. The molecule has 0 saturated carbocycles. The molecule has 1 amide bonds. The molecule has 3 N–H and O–H groups in total. The summed E-state index contributed by atoms with van der Waals surface area (Å²) in [5.74, 6) is -2.52. The van der Waals surface area contributed by atoms with Gasteiger partial charge in [0.15, 0.2) is 0 Å². The van der Waals surface area contributed by atoms with Gasteiger partial charge in [-0.25, -0.2) is 4.79 Å². The molecule has 4 aromatic rings. The molecule has 0 aliphatic rings. The molecule has 38 heavy (non-hydrogen) atoms. The molecule has 0 aliphatic carbocycles. The number of para-hydroxylation sites is 2. The number of halogens is 4. The molecular formula is C28H25ClF3N3O3. The Balaban J connectivity index is 1.46. The number of hydrogen-bond donors (Lipinski definition) is 3. The van der Waals surface area contributed by atoms with Gasteiger partial charge in [0.05, 0.1) is 11.1 Å². The molecule has 1 heterocycles. The van der Waals surface area contributed by atoms with Gasteiger partial charge in [0.2, 0.25) is 0 Å². The van der Waals surface area contributed by atoms with Crippen molar-refractivity contribution in [3.05, 3.63) is 101 Å². The molecular weight excluding hydrogens is 519 g/mol. The van der Waals surface area contributed by atoms with E-state index in [1.165, 1.54) is 6.07 Å². The monoisotopic (exact) mass is 543 g/mol. The van der Waals surface area contributed by atoms with E-state index in [0.717, 1.165) is 10.9 Å². The second-order valence-corrected chi connectivity index (χ2v) is 9.26. The third kappa shape index (κ3) is 6.73. The van der Waals surface area contributed by atoms with Crippen molar-refractivity contribution in [3.8, 4) is 0 Å². The number of aromatic amines is 1. The van der Waals surface area contributed by atoms with Gasteiger partial charge in [0.25, 0.3) is 5.91 Å². The number of nitrogens with one attached hydrogen (secondary N) is 3. The zero-order chi connectivity index (χ0) is 27.3. The second-order valence-electron chi connectivity index (χ2n) is 8.82. The number of amides is 1. The van der Waals surface area contributed by atoms with Gasteiger partial charge < -0.3 is 20.4 Å². The summed E-state index contributed by atoms with van der Waals surface area (Å²) in [6, 6.07) is 20.5. The number of rotatable bonds is 9. The molecule has 10 heteroatoms. The van der Waals surface area contributed by atoms with Crippen molar-refractivity contribution < 1.29 is 27.5 Å². The maximum atomic E-state index is 12.9. The molecule has 0 radical (unpaired) electrons. The van der Waals surface area contributed by atoms with Crippen molar-refractivity contribution in [2.24, 2.45) is 0 Å². The number of hydrogen-bond acceptors (Lipinski definition) is 4. The molecule has 1 aromatic heterocycles. The van der Waals surface area contributed by atoms with E-state index in [0.29, 0.717) is 33.8 Å². The first-order chi connectivity index (χ1) is 18.1. The van der Waals surface area contributed by atoms with Crippen LogP contribution < -0.4 is 10.6 Å². The largest absolute Gasteiger partial charge is 0.490 e. The summed E-state index contributed by atoms with van der Waals surface area (Å²) in [4.78, 5) is 27.6. The van der Waals surface area contributed by atoms with Gasteiger partial charge in [-0.1, -0.05) is 54.1 Å². The summed E-state index contributed by atoms with van der Waals surface area (Å²) in [7, 11) is 0. The van der Waals surface area contributed by atoms with E-state index in [-0.39, 0.29) is 18.5 Å². The highest BCUT2D eigenvalue weighted by Gasteiger charge is 2.42. The Labute approximate surface area is 222 Å². The minimum Gasteiger partial charge on any atom is -0.449 e. The van der Waals surface area contributed by atoms with Gasteiger partial charge in [-0.3, -0.25) is 4.79 Å². The standard InChI is InChI=1S/C28H25ClF3N3O3/c1-17(33-16-24(38-27(37)28(30,31)32)18-7-5-8-20(29)14-18)13-19-15-34-25-22(19)11-6-12-23(25)26(36)35-21-9-3-2-4-10-21/h2-12,14-15,17,24,33-34H,13,16H2,1H3,(H,35,36)/t17-,24-/m1/s1. The predicted molar refractivity (Wildman–Crippen MR) is 140 cm³/mol. The van der Waals surface area contributed by atoms with Crippen LogP contribution in [0.2, 0.25) is 5.02 Å². The Morgan fingerprint density at radius 3 is 2.47 bits per heavy atom. The van der Waals surface area contributed by atoms with Crippen LogP contribution in [0, 0.1) is 0 Å². The third-order valence-electron chi connectivity index (χ3n) is 5.96. The van der Waals surface area contributed by atoms with Crippen molar-refractivity contribution in [1.82, 2.24) is 10.3 Å². The number of fused-ring (bicyclic) bond motifs is 1. The quantitative estimate of drug-likeness (QED) is 0.212. The summed E-state index contributed by atoms with van der Waals surface area (Å²) >= 11 is 5.99. The molecule has 2 atom stereocenters. The van der Waals surface area contributed by atoms with Crippen LogP contribution in [0.4, 0.5) is 18.9 Å². The summed E-state index contributed by atoms with van der Waals surface area (Å²) in [6.07, 6.45) is -4.00. The highest BCUT2D eigenvalue weighted by Crippen LogP contribution is 2.27. The Morgan fingerprint density at radius 2 is 1.76 bits per heavy atom. The van der Waals surface area contributed by atoms with Crippen molar-refractivity contribution >= 4 is 40.1 Å². The minimum absolute atomic E-state index is 0.0591. The highest BCUT2D eigenvalue weighted by molar-refractivity contribution is 6.30. The van der Waals surface area contributed by atoms with Crippen molar-refractivity contribution in [3.63, 3.8) is 0 Å². The zero-order valence-corrected chi connectivity index (χ0v) is 21.1. The van der Waals surface area contributed by atoms with Crippen LogP contribution in [0.15, 0.2) is 79.0 Å². The molecule has 0 fully saturated rings. The lowest BCUT2D eigenvalue weighted by molar-refractivity contribution is -0.205. The average Bonchev–Trinajstić information content (AvgIpc) is 3.29. The molecule has 0 saturated heterocycles. The fraction of sp³-hybridized carbons (Fsp3) is 0.214. The first-order valence-electron chi connectivity index (χ1n) is 11.8.